The van der Waals surface area contributed by atoms with Crippen LogP contribution in [-0.2, 0) is 5.54 Å². The lowest BCUT2D eigenvalue weighted by atomic mass is 9.86. The van der Waals surface area contributed by atoms with E-state index in [4.69, 9.17) is 0 Å². The van der Waals surface area contributed by atoms with Crippen LogP contribution in [0.4, 0.5) is 0 Å². The number of hydrogen-bond donors (Lipinski definition) is 1. The van der Waals surface area contributed by atoms with E-state index in [1.165, 1.54) is 11.1 Å². The smallest absolute Gasteiger partial charge is 0.0384 e. The van der Waals surface area contributed by atoms with Crippen molar-refractivity contribution in [1.29, 1.82) is 0 Å². The quantitative estimate of drug-likeness (QED) is 0.746. The van der Waals surface area contributed by atoms with E-state index in [-0.39, 0.29) is 11.1 Å². The normalized spacial score (nSPS) is 14.1. The lowest BCUT2D eigenvalue weighted by molar-refractivity contribution is 0.304. The minimum atomic E-state index is -0.0688. The molecule has 0 fully saturated rings. The molecule has 1 heteroatoms. The number of hydrogen-bond acceptors (Lipinski definition) is 1. The highest BCUT2D eigenvalue weighted by Gasteiger charge is 2.30. The Labute approximate surface area is 118 Å². The molecule has 0 aliphatic heterocycles. The van der Waals surface area contributed by atoms with E-state index in [9.17, 15) is 0 Å². The minimum Gasteiger partial charge on any atom is -0.299 e. The maximum atomic E-state index is 3.77. The van der Waals surface area contributed by atoms with E-state index < -0.39 is 0 Å². The monoisotopic (exact) mass is 257 g/mol. The largest absolute Gasteiger partial charge is 0.299 e. The van der Waals surface area contributed by atoms with Gasteiger partial charge in [-0.05, 0) is 52.7 Å². The average molecular weight is 257 g/mol. The summed E-state index contributed by atoms with van der Waals surface area (Å²) in [5.41, 5.74) is 2.47. The SMILES string of the molecule is C/C=C\C(=C/C)C(C)(C)NC(C)(C)c1ccccc1. The zero-order chi connectivity index (χ0) is 14.5. The third kappa shape index (κ3) is 4.07. The van der Waals surface area contributed by atoms with Crippen molar-refractivity contribution in [1.82, 2.24) is 5.32 Å². The third-order valence-electron chi connectivity index (χ3n) is 3.50. The molecule has 0 saturated heterocycles. The molecule has 0 heterocycles. The second-order valence-electron chi connectivity index (χ2n) is 5.99. The Kier molecular flexibility index (Phi) is 5.13. The number of nitrogens with one attached hydrogen (secondary N) is 1. The second kappa shape index (κ2) is 6.21. The predicted molar refractivity (Wildman–Crippen MR) is 85.3 cm³/mol. The van der Waals surface area contributed by atoms with Crippen molar-refractivity contribution in [2.24, 2.45) is 0 Å². The third-order valence-corrected chi connectivity index (χ3v) is 3.50. The van der Waals surface area contributed by atoms with E-state index in [2.05, 4.69) is 95.4 Å². The molecule has 104 valence electrons. The summed E-state index contributed by atoms with van der Waals surface area (Å²) in [4.78, 5) is 0. The summed E-state index contributed by atoms with van der Waals surface area (Å²) < 4.78 is 0. The van der Waals surface area contributed by atoms with Gasteiger partial charge in [0.1, 0.15) is 0 Å². The second-order valence-corrected chi connectivity index (χ2v) is 5.99. The van der Waals surface area contributed by atoms with Gasteiger partial charge in [-0.15, -0.1) is 0 Å². The van der Waals surface area contributed by atoms with Gasteiger partial charge >= 0.3 is 0 Å². The Bertz CT molecular complexity index is 450. The minimum absolute atomic E-state index is 0.0688. The molecule has 0 bridgehead atoms. The number of rotatable bonds is 5. The van der Waals surface area contributed by atoms with Crippen LogP contribution in [-0.4, -0.2) is 5.54 Å². The molecule has 0 aromatic heterocycles. The predicted octanol–water partition coefficient (Wildman–Crippen LogP) is 4.81. The molecule has 1 rings (SSSR count). The van der Waals surface area contributed by atoms with Crippen molar-refractivity contribution >= 4 is 0 Å². The van der Waals surface area contributed by atoms with Crippen molar-refractivity contribution in [3.63, 3.8) is 0 Å². The van der Waals surface area contributed by atoms with Crippen LogP contribution in [0, 0.1) is 0 Å². The zero-order valence-electron chi connectivity index (χ0n) is 13.1. The molecule has 1 aromatic rings. The van der Waals surface area contributed by atoms with Crippen LogP contribution in [0.3, 0.4) is 0 Å². The molecule has 0 amide bonds. The molecular formula is C18H27N. The molecule has 19 heavy (non-hydrogen) atoms. The van der Waals surface area contributed by atoms with Crippen LogP contribution in [0.25, 0.3) is 0 Å². The first-order valence-electron chi connectivity index (χ1n) is 6.98. The molecule has 1 N–H and O–H groups in total. The highest BCUT2D eigenvalue weighted by molar-refractivity contribution is 5.31. The molecular weight excluding hydrogens is 230 g/mol. The molecule has 0 aliphatic rings. The van der Waals surface area contributed by atoms with Gasteiger partial charge in [0.15, 0.2) is 0 Å². The summed E-state index contributed by atoms with van der Waals surface area (Å²) in [6.45, 7) is 13.1. The van der Waals surface area contributed by atoms with Crippen LogP contribution in [0.1, 0.15) is 47.1 Å². The van der Waals surface area contributed by atoms with Gasteiger partial charge in [0.25, 0.3) is 0 Å². The molecule has 0 unspecified atom stereocenters. The van der Waals surface area contributed by atoms with Gasteiger partial charge in [0.2, 0.25) is 0 Å². The molecule has 0 saturated carbocycles. The van der Waals surface area contributed by atoms with E-state index >= 15 is 0 Å². The summed E-state index contributed by atoms with van der Waals surface area (Å²) in [6, 6.07) is 10.6. The van der Waals surface area contributed by atoms with Gasteiger partial charge < -0.3 is 0 Å². The lowest BCUT2D eigenvalue weighted by Crippen LogP contribution is -2.51. The Hall–Kier alpha value is -1.34. The topological polar surface area (TPSA) is 12.0 Å². The van der Waals surface area contributed by atoms with Crippen LogP contribution in [0.5, 0.6) is 0 Å². The first-order chi connectivity index (χ1) is 8.83. The maximum absolute atomic E-state index is 3.77. The molecule has 1 aromatic carbocycles. The standard InChI is InChI=1S/C18H27N/c1-7-12-15(8-2)17(3,4)19-18(5,6)16-13-10-9-11-14-16/h7-14,19H,1-6H3/b12-7-,15-8+. The van der Waals surface area contributed by atoms with Gasteiger partial charge in [0, 0.05) is 11.1 Å². The van der Waals surface area contributed by atoms with Crippen molar-refractivity contribution in [3.05, 3.63) is 59.7 Å². The average Bonchev–Trinajstić information content (AvgIpc) is 2.35. The number of allylic oxidation sites excluding steroid dienone is 2. The van der Waals surface area contributed by atoms with Gasteiger partial charge in [-0.2, -0.15) is 0 Å². The Morgan fingerprint density at radius 2 is 1.58 bits per heavy atom. The van der Waals surface area contributed by atoms with E-state index in [0.717, 1.165) is 0 Å². The number of benzene rings is 1. The fraction of sp³-hybridized carbons (Fsp3) is 0.444. The molecule has 0 aliphatic carbocycles. The first-order valence-corrected chi connectivity index (χ1v) is 6.98. The first kappa shape index (κ1) is 15.7. The summed E-state index contributed by atoms with van der Waals surface area (Å²) in [6.07, 6.45) is 6.44. The van der Waals surface area contributed by atoms with Crippen LogP contribution in [0.15, 0.2) is 54.1 Å². The highest BCUT2D eigenvalue weighted by Crippen LogP contribution is 2.27. The van der Waals surface area contributed by atoms with Crippen LogP contribution >= 0.6 is 0 Å². The van der Waals surface area contributed by atoms with Crippen molar-refractivity contribution in [3.8, 4) is 0 Å². The summed E-state index contributed by atoms with van der Waals surface area (Å²) in [7, 11) is 0. The van der Waals surface area contributed by atoms with Crippen molar-refractivity contribution in [2.45, 2.75) is 52.6 Å². The van der Waals surface area contributed by atoms with Crippen LogP contribution < -0.4 is 5.32 Å². The zero-order valence-corrected chi connectivity index (χ0v) is 13.1. The van der Waals surface area contributed by atoms with Gasteiger partial charge in [-0.3, -0.25) is 5.32 Å². The molecule has 0 radical (unpaired) electrons. The highest BCUT2D eigenvalue weighted by atomic mass is 15.0. The Balaban J connectivity index is 3.00. The molecule has 0 atom stereocenters. The fourth-order valence-corrected chi connectivity index (χ4v) is 2.63. The van der Waals surface area contributed by atoms with Gasteiger partial charge in [0.05, 0.1) is 0 Å². The van der Waals surface area contributed by atoms with Gasteiger partial charge in [-0.25, -0.2) is 0 Å². The van der Waals surface area contributed by atoms with E-state index in [1.54, 1.807) is 0 Å². The Morgan fingerprint density at radius 1 is 1.00 bits per heavy atom. The lowest BCUT2D eigenvalue weighted by Gasteiger charge is -2.38. The molecule has 1 nitrogen and oxygen atoms in total. The van der Waals surface area contributed by atoms with Crippen molar-refractivity contribution in [2.75, 3.05) is 0 Å². The van der Waals surface area contributed by atoms with Crippen LogP contribution in [0.2, 0.25) is 0 Å². The Morgan fingerprint density at radius 3 is 2.05 bits per heavy atom. The van der Waals surface area contributed by atoms with Crippen molar-refractivity contribution < 1.29 is 0 Å². The summed E-state index contributed by atoms with van der Waals surface area (Å²) >= 11 is 0. The van der Waals surface area contributed by atoms with Gasteiger partial charge in [-0.1, -0.05) is 48.6 Å². The van der Waals surface area contributed by atoms with E-state index in [1.807, 2.05) is 0 Å². The molecule has 0 spiro atoms. The maximum Gasteiger partial charge on any atom is 0.0384 e. The fourth-order valence-electron chi connectivity index (χ4n) is 2.63. The van der Waals surface area contributed by atoms with E-state index in [0.29, 0.717) is 0 Å². The summed E-state index contributed by atoms with van der Waals surface area (Å²) in [5.74, 6) is 0. The summed E-state index contributed by atoms with van der Waals surface area (Å²) in [5, 5.41) is 3.77.